The lowest BCUT2D eigenvalue weighted by Gasteiger charge is -2.19. The molecule has 0 aliphatic heterocycles. The van der Waals surface area contributed by atoms with Gasteiger partial charge < -0.3 is 11.1 Å². The van der Waals surface area contributed by atoms with E-state index in [1.54, 1.807) is 0 Å². The molecule has 2 unspecified atom stereocenters. The molecular formula is C11H20N4. The molecule has 1 aromatic heterocycles. The van der Waals surface area contributed by atoms with E-state index >= 15 is 0 Å². The Morgan fingerprint density at radius 1 is 1.47 bits per heavy atom. The summed E-state index contributed by atoms with van der Waals surface area (Å²) in [6, 6.07) is 2.59. The van der Waals surface area contributed by atoms with Crippen LogP contribution in [0.2, 0.25) is 0 Å². The fourth-order valence-corrected chi connectivity index (χ4v) is 2.38. The van der Waals surface area contributed by atoms with Crippen molar-refractivity contribution in [1.29, 1.82) is 0 Å². The Kier molecular flexibility index (Phi) is 3.75. The molecular weight excluding hydrogens is 188 g/mol. The third kappa shape index (κ3) is 2.79. The molecule has 84 valence electrons. The Bertz CT molecular complexity index is 270. The first-order chi connectivity index (χ1) is 7.40. The predicted octanol–water partition coefficient (Wildman–Crippen LogP) is 0.600. The van der Waals surface area contributed by atoms with Crippen LogP contribution in [-0.2, 0) is 6.54 Å². The van der Waals surface area contributed by atoms with Crippen molar-refractivity contribution in [3.63, 3.8) is 0 Å². The van der Waals surface area contributed by atoms with Crippen LogP contribution < -0.4 is 11.1 Å². The lowest BCUT2D eigenvalue weighted by molar-refractivity contribution is 0.394. The van der Waals surface area contributed by atoms with Crippen LogP contribution in [0.15, 0.2) is 18.5 Å². The molecule has 2 rings (SSSR count). The standard InChI is InChI=1S/C11H20N4/c12-9-10-3-1-4-11(10)13-6-8-15-7-2-5-14-15/h2,5,7,10-11,13H,1,3-4,6,8-9,12H2. The number of nitrogens with two attached hydrogens (primary N) is 1. The molecule has 0 saturated heterocycles. The SMILES string of the molecule is NCC1CCCC1NCCn1cccn1. The summed E-state index contributed by atoms with van der Waals surface area (Å²) in [7, 11) is 0. The fourth-order valence-electron chi connectivity index (χ4n) is 2.38. The number of hydrogen-bond acceptors (Lipinski definition) is 3. The van der Waals surface area contributed by atoms with Gasteiger partial charge >= 0.3 is 0 Å². The molecule has 1 fully saturated rings. The Morgan fingerprint density at radius 2 is 2.40 bits per heavy atom. The first-order valence-electron chi connectivity index (χ1n) is 5.81. The first-order valence-corrected chi connectivity index (χ1v) is 5.81. The van der Waals surface area contributed by atoms with Crippen molar-refractivity contribution in [1.82, 2.24) is 15.1 Å². The molecule has 1 heterocycles. The molecule has 4 heteroatoms. The summed E-state index contributed by atoms with van der Waals surface area (Å²) in [5.41, 5.74) is 5.73. The molecule has 0 radical (unpaired) electrons. The fraction of sp³-hybridized carbons (Fsp3) is 0.727. The van der Waals surface area contributed by atoms with Gasteiger partial charge in [-0.2, -0.15) is 5.10 Å². The van der Waals surface area contributed by atoms with Crippen LogP contribution in [0.3, 0.4) is 0 Å². The van der Waals surface area contributed by atoms with Crippen LogP contribution in [0.1, 0.15) is 19.3 Å². The van der Waals surface area contributed by atoms with Crippen LogP contribution in [-0.4, -0.2) is 28.9 Å². The zero-order valence-corrected chi connectivity index (χ0v) is 9.10. The third-order valence-corrected chi connectivity index (χ3v) is 3.27. The van der Waals surface area contributed by atoms with Gasteiger partial charge in [0.2, 0.25) is 0 Å². The third-order valence-electron chi connectivity index (χ3n) is 3.27. The van der Waals surface area contributed by atoms with E-state index in [1.165, 1.54) is 19.3 Å². The zero-order chi connectivity index (χ0) is 10.5. The molecule has 0 amide bonds. The molecule has 4 nitrogen and oxygen atoms in total. The second-order valence-corrected chi connectivity index (χ2v) is 4.26. The van der Waals surface area contributed by atoms with Crippen LogP contribution >= 0.6 is 0 Å². The Labute approximate surface area is 90.8 Å². The lowest BCUT2D eigenvalue weighted by Crippen LogP contribution is -2.37. The second-order valence-electron chi connectivity index (χ2n) is 4.26. The maximum Gasteiger partial charge on any atom is 0.0534 e. The van der Waals surface area contributed by atoms with Crippen molar-refractivity contribution in [3.8, 4) is 0 Å². The highest BCUT2D eigenvalue weighted by Crippen LogP contribution is 2.24. The van der Waals surface area contributed by atoms with Gasteiger partial charge in [0.1, 0.15) is 0 Å². The van der Waals surface area contributed by atoms with Crippen molar-refractivity contribution in [2.45, 2.75) is 31.8 Å². The van der Waals surface area contributed by atoms with E-state index in [0.717, 1.165) is 19.6 Å². The van der Waals surface area contributed by atoms with Gasteiger partial charge in [0, 0.05) is 25.0 Å². The summed E-state index contributed by atoms with van der Waals surface area (Å²) in [6.45, 7) is 2.75. The Morgan fingerprint density at radius 3 is 3.13 bits per heavy atom. The van der Waals surface area contributed by atoms with E-state index in [4.69, 9.17) is 5.73 Å². The molecule has 0 aromatic carbocycles. The van der Waals surface area contributed by atoms with Crippen molar-refractivity contribution in [2.75, 3.05) is 13.1 Å². The van der Waals surface area contributed by atoms with Gasteiger partial charge in [-0.25, -0.2) is 0 Å². The molecule has 2 atom stereocenters. The number of nitrogens with one attached hydrogen (secondary N) is 1. The molecule has 1 saturated carbocycles. The van der Waals surface area contributed by atoms with Crippen molar-refractivity contribution in [3.05, 3.63) is 18.5 Å². The minimum Gasteiger partial charge on any atom is -0.330 e. The summed E-state index contributed by atoms with van der Waals surface area (Å²) in [6.07, 6.45) is 7.70. The molecule has 1 aliphatic carbocycles. The van der Waals surface area contributed by atoms with Crippen LogP contribution in [0.25, 0.3) is 0 Å². The maximum atomic E-state index is 5.73. The summed E-state index contributed by atoms with van der Waals surface area (Å²) in [5.74, 6) is 0.683. The first kappa shape index (κ1) is 10.6. The average Bonchev–Trinajstić information content (AvgIpc) is 2.88. The van der Waals surface area contributed by atoms with Crippen LogP contribution in [0, 0.1) is 5.92 Å². The van der Waals surface area contributed by atoms with E-state index in [0.29, 0.717) is 12.0 Å². The predicted molar refractivity (Wildman–Crippen MR) is 60.4 cm³/mol. The highest BCUT2D eigenvalue weighted by molar-refractivity contribution is 4.84. The van der Waals surface area contributed by atoms with Gasteiger partial charge in [-0.05, 0) is 31.4 Å². The van der Waals surface area contributed by atoms with Gasteiger partial charge in [0.05, 0.1) is 6.54 Å². The maximum absolute atomic E-state index is 5.73. The lowest BCUT2D eigenvalue weighted by atomic mass is 10.0. The highest BCUT2D eigenvalue weighted by Gasteiger charge is 2.24. The molecule has 15 heavy (non-hydrogen) atoms. The molecule has 3 N–H and O–H groups in total. The smallest absolute Gasteiger partial charge is 0.0534 e. The van der Waals surface area contributed by atoms with Crippen molar-refractivity contribution in [2.24, 2.45) is 11.7 Å². The largest absolute Gasteiger partial charge is 0.330 e. The van der Waals surface area contributed by atoms with Gasteiger partial charge in [-0.3, -0.25) is 4.68 Å². The van der Waals surface area contributed by atoms with E-state index in [1.807, 2.05) is 23.1 Å². The van der Waals surface area contributed by atoms with Gasteiger partial charge in [0.25, 0.3) is 0 Å². The summed E-state index contributed by atoms with van der Waals surface area (Å²) >= 11 is 0. The van der Waals surface area contributed by atoms with Gasteiger partial charge in [0.15, 0.2) is 0 Å². The molecule has 1 aliphatic rings. The van der Waals surface area contributed by atoms with Gasteiger partial charge in [-0.1, -0.05) is 6.42 Å². The van der Waals surface area contributed by atoms with E-state index in [-0.39, 0.29) is 0 Å². The second kappa shape index (κ2) is 5.28. The minimum atomic E-state index is 0.630. The summed E-state index contributed by atoms with van der Waals surface area (Å²) in [5, 5.41) is 7.75. The number of nitrogens with zero attached hydrogens (tertiary/aromatic N) is 2. The highest BCUT2D eigenvalue weighted by atomic mass is 15.3. The number of hydrogen-bond donors (Lipinski definition) is 2. The van der Waals surface area contributed by atoms with Gasteiger partial charge in [-0.15, -0.1) is 0 Å². The van der Waals surface area contributed by atoms with E-state index in [9.17, 15) is 0 Å². The molecule has 0 spiro atoms. The number of aromatic nitrogens is 2. The molecule has 0 bridgehead atoms. The summed E-state index contributed by atoms with van der Waals surface area (Å²) in [4.78, 5) is 0. The monoisotopic (exact) mass is 208 g/mol. The Hall–Kier alpha value is -0.870. The van der Waals surface area contributed by atoms with Crippen LogP contribution in [0.5, 0.6) is 0 Å². The Balaban J connectivity index is 1.69. The normalized spacial score (nSPS) is 25.9. The zero-order valence-electron chi connectivity index (χ0n) is 9.10. The number of rotatable bonds is 5. The van der Waals surface area contributed by atoms with E-state index < -0.39 is 0 Å². The van der Waals surface area contributed by atoms with Crippen LogP contribution in [0.4, 0.5) is 0 Å². The topological polar surface area (TPSA) is 55.9 Å². The van der Waals surface area contributed by atoms with Crippen molar-refractivity contribution < 1.29 is 0 Å². The quantitative estimate of drug-likeness (QED) is 0.745. The van der Waals surface area contributed by atoms with Crippen molar-refractivity contribution >= 4 is 0 Å². The minimum absolute atomic E-state index is 0.630. The van der Waals surface area contributed by atoms with E-state index in [2.05, 4.69) is 10.4 Å². The summed E-state index contributed by atoms with van der Waals surface area (Å²) < 4.78 is 1.96. The average molecular weight is 208 g/mol. The molecule has 1 aromatic rings.